The van der Waals surface area contributed by atoms with Crippen LogP contribution >= 0.6 is 22.6 Å². The molecule has 8 amide bonds. The molecule has 1 aliphatic rings. The van der Waals surface area contributed by atoms with Crippen LogP contribution in [-0.2, 0) is 37.1 Å². The highest BCUT2D eigenvalue weighted by molar-refractivity contribution is 14.1. The van der Waals surface area contributed by atoms with Crippen LogP contribution in [0.5, 0.6) is 0 Å². The Kier molecular flexibility index (Phi) is 22.9. The van der Waals surface area contributed by atoms with Gasteiger partial charge in [-0.3, -0.25) is 29.0 Å². The number of primary amides is 1. The standard InChI is InChI=1S/C49H66IN11O8/c1-5-21-61(22-6-2)47(66)36-24-34-15-16-35(25-40(34)58-41(51)26-36)44(63)57-38-23-33(27-53-29-38)28-55-49(68)69-30-32-13-17-37(18-14-32)56-45(64)39(11-10-20-54-48(52)67)59-46(65)43(31(3)4)60-42(62)12-8-7-9-19-50/h13-18,23-25,27,29,31,39,43H,5-12,19-22,26,28,30H2,1-4H3,(H2,51,58)(H,55,68)(H,56,64)(H,57,63)(H,59,65)(H,60,62)(H3,52,54,67). The van der Waals surface area contributed by atoms with Gasteiger partial charge >= 0.3 is 12.1 Å². The molecule has 0 spiro atoms. The predicted molar refractivity (Wildman–Crippen MR) is 275 cm³/mol. The van der Waals surface area contributed by atoms with Gasteiger partial charge < -0.3 is 53.0 Å². The van der Waals surface area contributed by atoms with Gasteiger partial charge in [0.1, 0.15) is 24.5 Å². The summed E-state index contributed by atoms with van der Waals surface area (Å²) in [5, 5.41) is 16.4. The van der Waals surface area contributed by atoms with E-state index < -0.39 is 41.9 Å². The first-order valence-corrected chi connectivity index (χ1v) is 24.8. The quantitative estimate of drug-likeness (QED) is 0.0256. The Morgan fingerprint density at radius 3 is 2.25 bits per heavy atom. The first kappa shape index (κ1) is 55.0. The summed E-state index contributed by atoms with van der Waals surface area (Å²) >= 11 is 2.29. The maximum atomic E-state index is 13.5. The Balaban J connectivity index is 1.29. The Morgan fingerprint density at radius 2 is 1.57 bits per heavy atom. The number of fused-ring (bicyclic) bond motifs is 1. The number of pyridine rings is 1. The van der Waals surface area contributed by atoms with Crippen molar-refractivity contribution in [3.05, 3.63) is 88.8 Å². The molecular formula is C49H66IN11O8. The van der Waals surface area contributed by atoms with Gasteiger partial charge in [-0.25, -0.2) is 14.6 Å². The first-order valence-electron chi connectivity index (χ1n) is 23.3. The van der Waals surface area contributed by atoms with Gasteiger partial charge in [0, 0.05) is 67.6 Å². The minimum atomic E-state index is -0.999. The Hall–Kier alpha value is -6.58. The van der Waals surface area contributed by atoms with Gasteiger partial charge in [-0.1, -0.05) is 74.9 Å². The average Bonchev–Trinajstić information content (AvgIpc) is 3.49. The molecule has 1 aromatic heterocycles. The zero-order valence-corrected chi connectivity index (χ0v) is 42.0. The van der Waals surface area contributed by atoms with Crippen LogP contribution in [0, 0.1) is 5.92 Å². The summed E-state index contributed by atoms with van der Waals surface area (Å²) in [5.74, 6) is -1.72. The molecule has 2 heterocycles. The number of nitrogens with two attached hydrogens (primary N) is 2. The third-order valence-electron chi connectivity index (χ3n) is 10.8. The number of hydrogen-bond donors (Lipinski definition) is 8. The molecule has 69 heavy (non-hydrogen) atoms. The fourth-order valence-corrected chi connectivity index (χ4v) is 7.80. The highest BCUT2D eigenvalue weighted by Crippen LogP contribution is 2.29. The van der Waals surface area contributed by atoms with E-state index in [1.807, 2.05) is 32.6 Å². The molecule has 0 saturated heterocycles. The molecule has 0 saturated carbocycles. The molecule has 4 rings (SSSR count). The topological polar surface area (TPSA) is 281 Å². The van der Waals surface area contributed by atoms with Crippen molar-refractivity contribution in [2.24, 2.45) is 22.4 Å². The number of nitrogens with one attached hydrogen (secondary N) is 6. The summed E-state index contributed by atoms with van der Waals surface area (Å²) in [7, 11) is 0. The second-order valence-electron chi connectivity index (χ2n) is 17.0. The third kappa shape index (κ3) is 18.8. The maximum Gasteiger partial charge on any atom is 0.407 e. The predicted octanol–water partition coefficient (Wildman–Crippen LogP) is 6.19. The van der Waals surface area contributed by atoms with E-state index in [1.54, 1.807) is 60.8 Å². The van der Waals surface area contributed by atoms with E-state index in [0.29, 0.717) is 77.2 Å². The van der Waals surface area contributed by atoms with Crippen LogP contribution in [0.4, 0.5) is 26.7 Å². The third-order valence-corrected chi connectivity index (χ3v) is 11.6. The number of anilines is 2. The SMILES string of the molecule is CCCN(CCC)C(=O)C1=Cc2ccc(C(=O)Nc3cncc(CNC(=O)OCc4ccc(NC(=O)C(CCCNC(N)=O)NC(=O)C(NC(=O)CCCCCI)C(C)C)cc4)c3)cc2N=C(N)C1. The van der Waals surface area contributed by atoms with Crippen molar-refractivity contribution in [1.29, 1.82) is 0 Å². The number of halogens is 1. The lowest BCUT2D eigenvalue weighted by atomic mass is 10.0. The van der Waals surface area contributed by atoms with E-state index in [1.165, 1.54) is 6.20 Å². The number of urea groups is 1. The molecule has 2 unspecified atom stereocenters. The highest BCUT2D eigenvalue weighted by atomic mass is 127. The number of rotatable bonds is 26. The number of unbranched alkanes of at least 4 members (excludes halogenated alkanes) is 2. The molecule has 10 N–H and O–H groups in total. The lowest BCUT2D eigenvalue weighted by molar-refractivity contribution is -0.132. The molecule has 0 bridgehead atoms. The lowest BCUT2D eigenvalue weighted by Crippen LogP contribution is -2.54. The fraction of sp³-hybridized carbons (Fsp3) is 0.449. The number of carbonyl (C=O) groups is 7. The van der Waals surface area contributed by atoms with Crippen molar-refractivity contribution in [3.63, 3.8) is 0 Å². The summed E-state index contributed by atoms with van der Waals surface area (Å²) in [5.41, 5.74) is 15.5. The van der Waals surface area contributed by atoms with Crippen LogP contribution < -0.4 is 43.4 Å². The van der Waals surface area contributed by atoms with Crippen LogP contribution in [0.2, 0.25) is 0 Å². The summed E-state index contributed by atoms with van der Waals surface area (Å²) in [6.45, 7) is 9.11. The molecule has 1 aliphatic heterocycles. The monoisotopic (exact) mass is 1060 g/mol. The number of aliphatic imine (C=N–C) groups is 1. The Labute approximate surface area is 417 Å². The van der Waals surface area contributed by atoms with Gasteiger partial charge in [-0.05, 0) is 96.4 Å². The van der Waals surface area contributed by atoms with Crippen LogP contribution in [0.1, 0.15) is 113 Å². The molecule has 372 valence electrons. The van der Waals surface area contributed by atoms with Crippen LogP contribution in [-0.4, -0.2) is 93.5 Å². The number of ether oxygens (including phenoxy) is 1. The number of amidine groups is 1. The van der Waals surface area contributed by atoms with Crippen molar-refractivity contribution in [1.82, 2.24) is 31.2 Å². The van der Waals surface area contributed by atoms with Crippen molar-refractivity contribution in [3.8, 4) is 0 Å². The van der Waals surface area contributed by atoms with Gasteiger partial charge in [-0.15, -0.1) is 0 Å². The summed E-state index contributed by atoms with van der Waals surface area (Å²) < 4.78 is 6.41. The summed E-state index contributed by atoms with van der Waals surface area (Å²) in [4.78, 5) is 101. The largest absolute Gasteiger partial charge is 0.445 e. The number of hydrogen-bond acceptors (Lipinski definition) is 11. The summed E-state index contributed by atoms with van der Waals surface area (Å²) in [6, 6.07) is 10.7. The number of alkyl halides is 1. The van der Waals surface area contributed by atoms with Crippen LogP contribution in [0.25, 0.3) is 6.08 Å². The molecule has 0 radical (unpaired) electrons. The summed E-state index contributed by atoms with van der Waals surface area (Å²) in [6.07, 6.45) is 9.42. The van der Waals surface area contributed by atoms with Crippen LogP contribution in [0.3, 0.4) is 0 Å². The number of aromatic nitrogens is 1. The number of carbonyl (C=O) groups excluding carboxylic acids is 7. The molecule has 20 heteroatoms. The van der Waals surface area contributed by atoms with E-state index >= 15 is 0 Å². The van der Waals surface area contributed by atoms with Crippen molar-refractivity contribution < 1.29 is 38.3 Å². The van der Waals surface area contributed by atoms with E-state index in [0.717, 1.165) is 30.1 Å². The fourth-order valence-electron chi connectivity index (χ4n) is 7.26. The molecule has 2 atom stereocenters. The smallest absolute Gasteiger partial charge is 0.407 e. The number of benzene rings is 2. The van der Waals surface area contributed by atoms with Gasteiger partial charge in [0.2, 0.25) is 23.6 Å². The second kappa shape index (κ2) is 28.7. The zero-order valence-electron chi connectivity index (χ0n) is 39.8. The minimum absolute atomic E-state index is 0.0497. The van der Waals surface area contributed by atoms with E-state index in [4.69, 9.17) is 16.2 Å². The Bertz CT molecular complexity index is 2320. The minimum Gasteiger partial charge on any atom is -0.445 e. The van der Waals surface area contributed by atoms with Crippen LogP contribution in [0.15, 0.2) is 71.5 Å². The lowest BCUT2D eigenvalue weighted by Gasteiger charge is -2.25. The number of amides is 8. The maximum absolute atomic E-state index is 13.5. The van der Waals surface area contributed by atoms with E-state index in [9.17, 15) is 33.6 Å². The second-order valence-corrected chi connectivity index (χ2v) is 18.0. The van der Waals surface area contributed by atoms with Crippen molar-refractivity contribution >= 4 is 93.2 Å². The molecule has 0 fully saturated rings. The van der Waals surface area contributed by atoms with Gasteiger partial charge in [0.25, 0.3) is 5.91 Å². The molecular weight excluding hydrogens is 998 g/mol. The molecule has 0 aliphatic carbocycles. The van der Waals surface area contributed by atoms with Gasteiger partial charge in [0.15, 0.2) is 0 Å². The van der Waals surface area contributed by atoms with Gasteiger partial charge in [-0.2, -0.15) is 0 Å². The number of alkyl carbamates (subject to hydrolysis) is 1. The molecule has 2 aromatic carbocycles. The van der Waals surface area contributed by atoms with E-state index in [2.05, 4.69) is 64.5 Å². The molecule has 3 aromatic rings. The molecule has 19 nitrogen and oxygen atoms in total. The first-order chi connectivity index (χ1) is 33.1. The average molecular weight is 1060 g/mol. The normalized spacial score (nSPS) is 12.7. The van der Waals surface area contributed by atoms with Crippen molar-refractivity contribution in [2.75, 3.05) is 34.7 Å². The highest BCUT2D eigenvalue weighted by Gasteiger charge is 2.29. The van der Waals surface area contributed by atoms with Crippen molar-refractivity contribution in [2.45, 2.75) is 111 Å². The zero-order chi connectivity index (χ0) is 50.3. The van der Waals surface area contributed by atoms with Gasteiger partial charge in [0.05, 0.1) is 17.6 Å². The van der Waals surface area contributed by atoms with E-state index in [-0.39, 0.29) is 56.1 Å². The Morgan fingerprint density at radius 1 is 0.826 bits per heavy atom. The number of nitrogens with zero attached hydrogens (tertiary/aromatic N) is 3.